The molecule has 1 N–H and O–H groups in total. The molecule has 1 aromatic carbocycles. The van der Waals surface area contributed by atoms with Crippen LogP contribution in [-0.2, 0) is 0 Å². The second kappa shape index (κ2) is 5.58. The van der Waals surface area contributed by atoms with Gasteiger partial charge in [0.15, 0.2) is 0 Å². The van der Waals surface area contributed by atoms with Gasteiger partial charge in [0.1, 0.15) is 17.8 Å². The van der Waals surface area contributed by atoms with Crippen LogP contribution in [0, 0.1) is 23.0 Å². The topological polar surface area (TPSA) is 40.5 Å². The van der Waals surface area contributed by atoms with Crippen molar-refractivity contribution in [3.05, 3.63) is 35.4 Å². The Labute approximate surface area is 121 Å². The van der Waals surface area contributed by atoms with Crippen LogP contribution in [0.5, 0.6) is 0 Å². The highest BCUT2D eigenvalue weighted by Crippen LogP contribution is 2.42. The molecule has 1 heterocycles. The van der Waals surface area contributed by atoms with E-state index in [-0.39, 0.29) is 17.9 Å². The number of alkyl halides is 1. The average Bonchev–Trinajstić information content (AvgIpc) is 2.23. The van der Waals surface area contributed by atoms with Gasteiger partial charge in [-0.1, -0.05) is 13.8 Å². The molecule has 0 aromatic heterocycles. The van der Waals surface area contributed by atoms with E-state index >= 15 is 0 Å². The summed E-state index contributed by atoms with van der Waals surface area (Å²) in [6.45, 7) is 4.43. The number of carbonyl (C=O) groups is 1. The van der Waals surface area contributed by atoms with E-state index in [0.717, 1.165) is 12.1 Å². The average molecular weight is 301 g/mol. The lowest BCUT2D eigenvalue weighted by Gasteiger charge is -2.46. The number of nitrogens with zero attached hydrogens (tertiary/aromatic N) is 1. The van der Waals surface area contributed by atoms with Gasteiger partial charge in [0.05, 0.1) is 0 Å². The molecule has 1 fully saturated rings. The molecule has 0 aliphatic carbocycles. The first-order valence-electron chi connectivity index (χ1n) is 6.77. The number of benzene rings is 1. The van der Waals surface area contributed by atoms with Crippen LogP contribution in [0.1, 0.15) is 32.0 Å². The molecule has 1 aliphatic heterocycles. The summed E-state index contributed by atoms with van der Waals surface area (Å²) < 4.78 is 40.5. The predicted octanol–water partition coefficient (Wildman–Crippen LogP) is 4.00. The van der Waals surface area contributed by atoms with E-state index in [0.29, 0.717) is 19.2 Å². The van der Waals surface area contributed by atoms with Crippen molar-refractivity contribution < 1.29 is 23.1 Å². The largest absolute Gasteiger partial charge is 0.465 e. The number of halogens is 3. The monoisotopic (exact) mass is 301 g/mol. The Kier molecular flexibility index (Phi) is 4.16. The summed E-state index contributed by atoms with van der Waals surface area (Å²) in [7, 11) is 0. The summed E-state index contributed by atoms with van der Waals surface area (Å²) in [5.74, 6) is -1.55. The van der Waals surface area contributed by atoms with E-state index in [1.54, 1.807) is 0 Å². The molecule has 1 atom stereocenters. The summed E-state index contributed by atoms with van der Waals surface area (Å²) in [4.78, 5) is 12.0. The third-order valence-corrected chi connectivity index (χ3v) is 4.21. The van der Waals surface area contributed by atoms with E-state index in [4.69, 9.17) is 5.11 Å². The molecule has 1 aromatic rings. The fraction of sp³-hybridized carbons (Fsp3) is 0.533. The number of hydrogen-bond donors (Lipinski definition) is 1. The minimum absolute atomic E-state index is 0.0185. The Balaban J connectivity index is 2.01. The molecule has 0 spiro atoms. The van der Waals surface area contributed by atoms with Gasteiger partial charge in [-0.25, -0.2) is 18.0 Å². The van der Waals surface area contributed by atoms with Gasteiger partial charge in [-0.05, 0) is 35.4 Å². The predicted molar refractivity (Wildman–Crippen MR) is 71.7 cm³/mol. The Bertz CT molecular complexity index is 521. The molecule has 0 radical (unpaired) electrons. The van der Waals surface area contributed by atoms with E-state index < -0.39 is 29.3 Å². The third-order valence-electron chi connectivity index (χ3n) is 4.21. The summed E-state index contributed by atoms with van der Waals surface area (Å²) in [6.07, 6.45) is -2.37. The lowest BCUT2D eigenvalue weighted by atomic mass is 9.70. The zero-order valence-corrected chi connectivity index (χ0v) is 11.9. The van der Waals surface area contributed by atoms with Crippen LogP contribution in [0.2, 0.25) is 0 Å². The maximum Gasteiger partial charge on any atom is 0.407 e. The van der Waals surface area contributed by atoms with Gasteiger partial charge in [0, 0.05) is 19.2 Å². The van der Waals surface area contributed by atoms with E-state index in [2.05, 4.69) is 0 Å². The van der Waals surface area contributed by atoms with Crippen molar-refractivity contribution >= 4 is 6.09 Å². The fourth-order valence-electron chi connectivity index (χ4n) is 2.63. The summed E-state index contributed by atoms with van der Waals surface area (Å²) >= 11 is 0. The molecular formula is C15H18F3NO2. The maximum absolute atomic E-state index is 14.3. The van der Waals surface area contributed by atoms with Crippen LogP contribution >= 0.6 is 0 Å². The highest BCUT2D eigenvalue weighted by molar-refractivity contribution is 5.66. The molecule has 0 saturated carbocycles. The van der Waals surface area contributed by atoms with Crippen molar-refractivity contribution in [3.8, 4) is 0 Å². The highest BCUT2D eigenvalue weighted by Gasteiger charge is 2.42. The normalized spacial score (nSPS) is 17.5. The molecule has 3 nitrogen and oxygen atoms in total. The molecule has 1 amide bonds. The van der Waals surface area contributed by atoms with E-state index in [1.165, 1.54) is 4.90 Å². The smallest absolute Gasteiger partial charge is 0.407 e. The maximum atomic E-state index is 14.3. The van der Waals surface area contributed by atoms with Crippen LogP contribution in [0.25, 0.3) is 0 Å². The number of rotatable bonds is 4. The van der Waals surface area contributed by atoms with Crippen molar-refractivity contribution in [1.29, 1.82) is 0 Å². The number of amides is 1. The SMILES string of the molecule is CC(C)(CC(F)c1cc(F)cc(F)c1)C1CN(C(=O)O)C1. The minimum atomic E-state index is -1.48. The Morgan fingerprint density at radius 2 is 1.86 bits per heavy atom. The van der Waals surface area contributed by atoms with Gasteiger partial charge in [0.2, 0.25) is 0 Å². The molecule has 6 heteroatoms. The summed E-state index contributed by atoms with van der Waals surface area (Å²) in [6, 6.07) is 2.69. The zero-order valence-electron chi connectivity index (χ0n) is 11.9. The molecule has 21 heavy (non-hydrogen) atoms. The van der Waals surface area contributed by atoms with Gasteiger partial charge in [0.25, 0.3) is 0 Å². The number of hydrogen-bond acceptors (Lipinski definition) is 1. The molecular weight excluding hydrogens is 283 g/mol. The van der Waals surface area contributed by atoms with Crippen LogP contribution in [0.4, 0.5) is 18.0 Å². The second-order valence-electron chi connectivity index (χ2n) is 6.25. The van der Waals surface area contributed by atoms with Crippen molar-refractivity contribution in [2.45, 2.75) is 26.4 Å². The third kappa shape index (κ3) is 3.49. The van der Waals surface area contributed by atoms with Crippen molar-refractivity contribution in [2.24, 2.45) is 11.3 Å². The quantitative estimate of drug-likeness (QED) is 0.913. The molecule has 1 aliphatic rings. The zero-order chi connectivity index (χ0) is 15.8. The molecule has 0 bridgehead atoms. The number of carboxylic acid groups (broad SMARTS) is 1. The Morgan fingerprint density at radius 3 is 2.33 bits per heavy atom. The first kappa shape index (κ1) is 15.7. The van der Waals surface area contributed by atoms with Gasteiger partial charge < -0.3 is 10.0 Å². The van der Waals surface area contributed by atoms with E-state index in [1.807, 2.05) is 13.8 Å². The van der Waals surface area contributed by atoms with Gasteiger partial charge in [-0.3, -0.25) is 0 Å². The number of likely N-dealkylation sites (tertiary alicyclic amines) is 1. The van der Waals surface area contributed by atoms with Crippen LogP contribution in [0.3, 0.4) is 0 Å². The Morgan fingerprint density at radius 1 is 1.33 bits per heavy atom. The van der Waals surface area contributed by atoms with Crippen LogP contribution in [-0.4, -0.2) is 29.2 Å². The molecule has 1 unspecified atom stereocenters. The van der Waals surface area contributed by atoms with Gasteiger partial charge in [-0.15, -0.1) is 0 Å². The van der Waals surface area contributed by atoms with Crippen molar-refractivity contribution in [1.82, 2.24) is 4.90 Å². The van der Waals surface area contributed by atoms with E-state index in [9.17, 15) is 18.0 Å². The second-order valence-corrected chi connectivity index (χ2v) is 6.25. The highest BCUT2D eigenvalue weighted by atomic mass is 19.1. The van der Waals surface area contributed by atoms with Crippen LogP contribution in [0.15, 0.2) is 18.2 Å². The molecule has 1 saturated heterocycles. The van der Waals surface area contributed by atoms with Gasteiger partial charge >= 0.3 is 6.09 Å². The molecule has 116 valence electrons. The van der Waals surface area contributed by atoms with Crippen LogP contribution < -0.4 is 0 Å². The first-order chi connectivity index (χ1) is 9.69. The first-order valence-corrected chi connectivity index (χ1v) is 6.77. The fourth-order valence-corrected chi connectivity index (χ4v) is 2.63. The lowest BCUT2D eigenvalue weighted by molar-refractivity contribution is 0.00681. The van der Waals surface area contributed by atoms with Crippen molar-refractivity contribution in [3.63, 3.8) is 0 Å². The van der Waals surface area contributed by atoms with Gasteiger partial charge in [-0.2, -0.15) is 0 Å². The lowest BCUT2D eigenvalue weighted by Crippen LogP contribution is -2.54. The Hall–Kier alpha value is -1.72. The minimum Gasteiger partial charge on any atom is -0.465 e. The van der Waals surface area contributed by atoms with Crippen molar-refractivity contribution in [2.75, 3.05) is 13.1 Å². The summed E-state index contributed by atoms with van der Waals surface area (Å²) in [5.41, 5.74) is -0.469. The standard InChI is InChI=1S/C15H18F3NO2/c1-15(2,10-7-19(8-10)14(20)21)6-13(18)9-3-11(16)5-12(17)4-9/h3-5,10,13H,6-8H2,1-2H3,(H,20,21). The summed E-state index contributed by atoms with van der Waals surface area (Å²) in [5, 5.41) is 8.81. The molecule has 2 rings (SSSR count).